The highest BCUT2D eigenvalue weighted by atomic mass is 19.4. The standard InChI is InChI=1S/C29H27F4N3O2/c30-25(19-10-12-23(13-11-19)29(31,32)33)18-6-8-21(9-7-18)27(37)35-16-22(17-35)26-24(34)14-15-36(26)28(38)20-4-2-1-3-5-20/h1-13,22,24-26H,14-17,34H2. The van der Waals surface area contributed by atoms with E-state index in [9.17, 15) is 27.2 Å². The van der Waals surface area contributed by atoms with Crippen molar-refractivity contribution in [2.24, 2.45) is 11.7 Å². The summed E-state index contributed by atoms with van der Waals surface area (Å²) in [4.78, 5) is 29.5. The van der Waals surface area contributed by atoms with Crippen LogP contribution in [0.4, 0.5) is 17.6 Å². The van der Waals surface area contributed by atoms with Crippen LogP contribution in [-0.4, -0.2) is 53.3 Å². The van der Waals surface area contributed by atoms with Crippen molar-refractivity contribution in [2.45, 2.75) is 30.9 Å². The number of rotatable bonds is 5. The Morgan fingerprint density at radius 2 is 1.37 bits per heavy atom. The van der Waals surface area contributed by atoms with E-state index in [-0.39, 0.29) is 40.9 Å². The highest BCUT2D eigenvalue weighted by Crippen LogP contribution is 2.34. The fourth-order valence-corrected chi connectivity index (χ4v) is 5.33. The Hall–Kier alpha value is -3.72. The van der Waals surface area contributed by atoms with Crippen LogP contribution in [0.5, 0.6) is 0 Å². The SMILES string of the molecule is NC1CCN(C(=O)c2ccccc2)C1C1CN(C(=O)c2ccc(C(F)c3ccc(C(F)(F)F)cc3)cc2)C1. The lowest BCUT2D eigenvalue weighted by atomic mass is 9.86. The fraction of sp³-hybridized carbons (Fsp3) is 0.310. The predicted molar refractivity (Wildman–Crippen MR) is 134 cm³/mol. The van der Waals surface area contributed by atoms with Crippen LogP contribution in [0.2, 0.25) is 0 Å². The smallest absolute Gasteiger partial charge is 0.338 e. The molecule has 3 atom stereocenters. The van der Waals surface area contributed by atoms with Gasteiger partial charge in [-0.25, -0.2) is 4.39 Å². The number of nitrogens with zero attached hydrogens (tertiary/aromatic N) is 2. The molecule has 2 fully saturated rings. The highest BCUT2D eigenvalue weighted by molar-refractivity contribution is 5.95. The maximum atomic E-state index is 14.9. The first-order valence-electron chi connectivity index (χ1n) is 12.5. The summed E-state index contributed by atoms with van der Waals surface area (Å²) in [5, 5.41) is 0. The Bertz CT molecular complexity index is 1290. The number of hydrogen-bond donors (Lipinski definition) is 1. The monoisotopic (exact) mass is 525 g/mol. The van der Waals surface area contributed by atoms with E-state index in [1.54, 1.807) is 17.0 Å². The first-order chi connectivity index (χ1) is 18.1. The molecule has 5 nitrogen and oxygen atoms in total. The molecule has 2 aliphatic rings. The molecule has 2 heterocycles. The third-order valence-electron chi connectivity index (χ3n) is 7.44. The quantitative estimate of drug-likeness (QED) is 0.473. The summed E-state index contributed by atoms with van der Waals surface area (Å²) in [5.41, 5.74) is 6.87. The lowest BCUT2D eigenvalue weighted by Crippen LogP contribution is -2.61. The topological polar surface area (TPSA) is 66.6 Å². The van der Waals surface area contributed by atoms with Crippen LogP contribution >= 0.6 is 0 Å². The van der Waals surface area contributed by atoms with Gasteiger partial charge in [0.15, 0.2) is 6.17 Å². The molecule has 3 aromatic carbocycles. The summed E-state index contributed by atoms with van der Waals surface area (Å²) in [6.45, 7) is 1.51. The minimum Gasteiger partial charge on any atom is -0.338 e. The van der Waals surface area contributed by atoms with Crippen molar-refractivity contribution in [1.29, 1.82) is 0 Å². The zero-order valence-corrected chi connectivity index (χ0v) is 20.4. The van der Waals surface area contributed by atoms with Crippen LogP contribution in [0, 0.1) is 5.92 Å². The normalized spacial score (nSPS) is 20.8. The van der Waals surface area contributed by atoms with Gasteiger partial charge in [-0.1, -0.05) is 42.5 Å². The van der Waals surface area contributed by atoms with Crippen molar-refractivity contribution < 1.29 is 27.2 Å². The van der Waals surface area contributed by atoms with Gasteiger partial charge >= 0.3 is 6.18 Å². The zero-order chi connectivity index (χ0) is 27.0. The third-order valence-corrected chi connectivity index (χ3v) is 7.44. The molecule has 0 radical (unpaired) electrons. The molecule has 0 bridgehead atoms. The molecule has 2 amide bonds. The molecule has 3 aromatic rings. The van der Waals surface area contributed by atoms with Gasteiger partial charge in [0, 0.05) is 42.7 Å². The van der Waals surface area contributed by atoms with Crippen molar-refractivity contribution in [3.05, 3.63) is 107 Å². The molecule has 2 N–H and O–H groups in total. The molecular formula is C29H27F4N3O2. The van der Waals surface area contributed by atoms with Crippen LogP contribution < -0.4 is 5.73 Å². The van der Waals surface area contributed by atoms with Gasteiger partial charge in [-0.15, -0.1) is 0 Å². The Labute approximate surface area is 217 Å². The van der Waals surface area contributed by atoms with Gasteiger partial charge in [0.05, 0.1) is 11.6 Å². The number of benzene rings is 3. The summed E-state index contributed by atoms with van der Waals surface area (Å²) in [5.74, 6) is -0.193. The first kappa shape index (κ1) is 25.9. The van der Waals surface area contributed by atoms with Crippen molar-refractivity contribution in [3.63, 3.8) is 0 Å². The lowest BCUT2D eigenvalue weighted by molar-refractivity contribution is -0.137. The molecule has 0 aliphatic carbocycles. The molecule has 2 aliphatic heterocycles. The van der Waals surface area contributed by atoms with Gasteiger partial charge in [0.2, 0.25) is 0 Å². The lowest BCUT2D eigenvalue weighted by Gasteiger charge is -2.46. The van der Waals surface area contributed by atoms with E-state index in [1.165, 1.54) is 24.3 Å². The molecule has 2 saturated heterocycles. The molecular weight excluding hydrogens is 498 g/mol. The van der Waals surface area contributed by atoms with Crippen LogP contribution in [0.1, 0.15) is 50.0 Å². The molecule has 0 aromatic heterocycles. The highest BCUT2D eigenvalue weighted by Gasteiger charge is 2.46. The molecule has 5 rings (SSSR count). The number of alkyl halides is 4. The largest absolute Gasteiger partial charge is 0.416 e. The van der Waals surface area contributed by atoms with Gasteiger partial charge in [-0.2, -0.15) is 13.2 Å². The molecule has 0 saturated carbocycles. The Morgan fingerprint density at radius 1 is 0.816 bits per heavy atom. The van der Waals surface area contributed by atoms with Gasteiger partial charge in [-0.3, -0.25) is 9.59 Å². The van der Waals surface area contributed by atoms with Crippen LogP contribution in [-0.2, 0) is 6.18 Å². The second-order valence-corrected chi connectivity index (χ2v) is 9.88. The summed E-state index contributed by atoms with van der Waals surface area (Å²) >= 11 is 0. The average Bonchev–Trinajstić information content (AvgIpc) is 3.27. The number of nitrogens with two attached hydrogens (primary N) is 1. The van der Waals surface area contributed by atoms with Gasteiger partial charge in [0.1, 0.15) is 0 Å². The van der Waals surface area contributed by atoms with Crippen LogP contribution in [0.3, 0.4) is 0 Å². The van der Waals surface area contributed by atoms with Crippen LogP contribution in [0.25, 0.3) is 0 Å². The van der Waals surface area contributed by atoms with Crippen molar-refractivity contribution in [2.75, 3.05) is 19.6 Å². The van der Waals surface area contributed by atoms with Gasteiger partial charge in [-0.05, 0) is 53.9 Å². The number of carbonyl (C=O) groups excluding carboxylic acids is 2. The van der Waals surface area contributed by atoms with Gasteiger partial charge in [0.25, 0.3) is 11.8 Å². The predicted octanol–water partition coefficient (Wildman–Crippen LogP) is 5.08. The number of hydrogen-bond acceptors (Lipinski definition) is 3. The Balaban J connectivity index is 1.20. The van der Waals surface area contributed by atoms with Crippen LogP contribution in [0.15, 0.2) is 78.9 Å². The van der Waals surface area contributed by atoms with E-state index in [0.29, 0.717) is 37.2 Å². The maximum absolute atomic E-state index is 14.9. The van der Waals surface area contributed by atoms with E-state index in [0.717, 1.165) is 24.3 Å². The average molecular weight is 526 g/mol. The molecule has 3 unspecified atom stereocenters. The second kappa shape index (κ2) is 10.2. The third kappa shape index (κ3) is 5.03. The zero-order valence-electron chi connectivity index (χ0n) is 20.4. The van der Waals surface area contributed by atoms with E-state index < -0.39 is 17.9 Å². The number of amides is 2. The fourth-order valence-electron chi connectivity index (χ4n) is 5.33. The maximum Gasteiger partial charge on any atom is 0.416 e. The Morgan fingerprint density at radius 3 is 1.95 bits per heavy atom. The minimum absolute atomic E-state index is 0.0576. The summed E-state index contributed by atoms with van der Waals surface area (Å²) in [6, 6.07) is 18.7. The van der Waals surface area contributed by atoms with E-state index in [4.69, 9.17) is 5.73 Å². The minimum atomic E-state index is -4.49. The first-order valence-corrected chi connectivity index (χ1v) is 12.5. The number of halogens is 4. The number of carbonyl (C=O) groups is 2. The molecule has 0 spiro atoms. The van der Waals surface area contributed by atoms with Crippen molar-refractivity contribution in [1.82, 2.24) is 9.80 Å². The van der Waals surface area contributed by atoms with E-state index >= 15 is 0 Å². The Kier molecular flexibility index (Phi) is 6.96. The molecule has 38 heavy (non-hydrogen) atoms. The molecule has 9 heteroatoms. The summed E-state index contributed by atoms with van der Waals surface area (Å²) in [6.07, 6.45) is -5.40. The van der Waals surface area contributed by atoms with E-state index in [2.05, 4.69) is 0 Å². The second-order valence-electron chi connectivity index (χ2n) is 9.88. The molecule has 198 valence electrons. The summed E-state index contributed by atoms with van der Waals surface area (Å²) in [7, 11) is 0. The van der Waals surface area contributed by atoms with Gasteiger partial charge < -0.3 is 15.5 Å². The van der Waals surface area contributed by atoms with Crippen molar-refractivity contribution in [3.8, 4) is 0 Å². The van der Waals surface area contributed by atoms with Crippen molar-refractivity contribution >= 4 is 11.8 Å². The summed E-state index contributed by atoms with van der Waals surface area (Å²) < 4.78 is 53.2. The van der Waals surface area contributed by atoms with E-state index in [1.807, 2.05) is 23.1 Å². The number of likely N-dealkylation sites (tertiary alicyclic amines) is 2.